The van der Waals surface area contributed by atoms with Gasteiger partial charge in [-0.1, -0.05) is 60.1 Å². The highest BCUT2D eigenvalue weighted by molar-refractivity contribution is 6.31. The maximum Gasteiger partial charge on any atom is 0.409 e. The average Bonchev–Trinajstić information content (AvgIpc) is 3.71. The molecule has 3 aromatic carbocycles. The van der Waals surface area contributed by atoms with Crippen molar-refractivity contribution < 1.29 is 23.8 Å². The maximum absolute atomic E-state index is 14.2. The zero-order chi connectivity index (χ0) is 41.6. The first-order valence-electron chi connectivity index (χ1n) is 21.1. The van der Waals surface area contributed by atoms with Crippen molar-refractivity contribution in [1.29, 1.82) is 0 Å². The summed E-state index contributed by atoms with van der Waals surface area (Å²) in [6.07, 6.45) is 9.23. The van der Waals surface area contributed by atoms with E-state index in [4.69, 9.17) is 25.8 Å². The molecule has 0 bridgehead atoms. The fourth-order valence-electron chi connectivity index (χ4n) is 9.46. The smallest absolute Gasteiger partial charge is 0.409 e. The summed E-state index contributed by atoms with van der Waals surface area (Å²) in [6.45, 7) is 5.87. The van der Waals surface area contributed by atoms with Gasteiger partial charge in [-0.15, -0.1) is 0 Å². The van der Waals surface area contributed by atoms with Crippen LogP contribution in [-0.2, 0) is 34.6 Å². The Hall–Kier alpha value is -5.40. The molecule has 2 aromatic heterocycles. The van der Waals surface area contributed by atoms with Gasteiger partial charge in [-0.05, 0) is 91.9 Å². The molecule has 1 aliphatic carbocycles. The first kappa shape index (κ1) is 41.3. The Kier molecular flexibility index (Phi) is 12.7. The summed E-state index contributed by atoms with van der Waals surface area (Å²) in [4.78, 5) is 44.8. The summed E-state index contributed by atoms with van der Waals surface area (Å²) < 4.78 is 19.0. The van der Waals surface area contributed by atoms with Crippen molar-refractivity contribution in [3.8, 4) is 11.5 Å². The second-order valence-corrected chi connectivity index (χ2v) is 16.6. The van der Waals surface area contributed by atoms with E-state index >= 15 is 0 Å². The van der Waals surface area contributed by atoms with Crippen molar-refractivity contribution in [3.05, 3.63) is 107 Å². The van der Waals surface area contributed by atoms with Gasteiger partial charge in [-0.2, -0.15) is 5.10 Å². The first-order valence-corrected chi connectivity index (χ1v) is 21.5. The van der Waals surface area contributed by atoms with Crippen LogP contribution >= 0.6 is 11.6 Å². The quantitative estimate of drug-likeness (QED) is 0.113. The van der Waals surface area contributed by atoms with Gasteiger partial charge in [0.25, 0.3) is 0 Å². The van der Waals surface area contributed by atoms with E-state index in [0.29, 0.717) is 44.3 Å². The summed E-state index contributed by atoms with van der Waals surface area (Å²) in [5.41, 5.74) is 5.08. The molecule has 5 aromatic rings. The van der Waals surface area contributed by atoms with E-state index in [2.05, 4.69) is 41.9 Å². The van der Waals surface area contributed by atoms with Gasteiger partial charge in [-0.25, -0.2) is 19.4 Å². The van der Waals surface area contributed by atoms with Crippen molar-refractivity contribution in [2.75, 3.05) is 72.0 Å². The summed E-state index contributed by atoms with van der Waals surface area (Å²) >= 11 is 6.45. The van der Waals surface area contributed by atoms with Crippen LogP contribution in [0.25, 0.3) is 11.0 Å². The molecule has 0 unspecified atom stereocenters. The molecule has 2 fully saturated rings. The highest BCUT2D eigenvalue weighted by Gasteiger charge is 2.47. The molecule has 1 spiro atoms. The molecule has 3 aliphatic rings. The minimum absolute atomic E-state index is 0.0288. The third-order valence-electron chi connectivity index (χ3n) is 12.8. The number of nitrogens with zero attached hydrogens (tertiary/aromatic N) is 8. The van der Waals surface area contributed by atoms with E-state index in [9.17, 15) is 9.59 Å². The van der Waals surface area contributed by atoms with Crippen LogP contribution in [0.5, 0.6) is 11.5 Å². The molecule has 4 heterocycles. The van der Waals surface area contributed by atoms with Crippen LogP contribution < -0.4 is 14.4 Å². The SMILES string of the molecule is COc1cc2c(cc1OC)C1(CCC(C(=O)N3CCN(c4ncnc5c4cnn5Cc4ccccc4Cl)CC3)CC1)N(CCCCN(C)C(=O)OCc1ccccc1)CC2. The molecule has 0 atom stereocenters. The number of fused-ring (bicyclic) bond motifs is 3. The molecule has 14 heteroatoms. The Bertz CT molecular complexity index is 2270. The fraction of sp³-hybridized carbons (Fsp3) is 0.457. The van der Waals surface area contributed by atoms with Crippen molar-refractivity contribution >= 4 is 40.5 Å². The van der Waals surface area contributed by atoms with E-state index in [-0.39, 0.29) is 30.1 Å². The van der Waals surface area contributed by atoms with E-state index in [1.165, 1.54) is 11.1 Å². The maximum atomic E-state index is 14.2. The molecule has 8 rings (SSSR count). The standard InChI is InChI=1S/C46H55ClN8O5/c1-51(45(57)60-31-33-11-5-4-6-12-33)20-9-10-21-54-22-17-35-27-40(58-2)41(59-3)28-38(35)46(54)18-15-34(16-19-46)44(56)53-25-23-52(24-26-53)42-37-29-50-55(43(37)49-32-48-42)30-36-13-7-8-14-39(36)47/h4-8,11-14,27-29,32,34H,9-10,15-26,30-31H2,1-3H3. The number of carbonyl (C=O) groups excluding carboxylic acids is 2. The average molecular weight is 835 g/mol. The van der Waals surface area contributed by atoms with E-state index in [0.717, 1.165) is 97.5 Å². The van der Waals surface area contributed by atoms with Crippen LogP contribution in [0.1, 0.15) is 60.8 Å². The molecule has 1 saturated heterocycles. The van der Waals surface area contributed by atoms with Crippen molar-refractivity contribution in [1.82, 2.24) is 34.4 Å². The lowest BCUT2D eigenvalue weighted by molar-refractivity contribution is -0.138. The number of benzene rings is 3. The van der Waals surface area contributed by atoms with Crippen LogP contribution in [0, 0.1) is 5.92 Å². The number of aromatic nitrogens is 4. The van der Waals surface area contributed by atoms with Crippen LogP contribution in [0.2, 0.25) is 5.02 Å². The lowest BCUT2D eigenvalue weighted by atomic mass is 9.68. The molecule has 13 nitrogen and oxygen atoms in total. The minimum atomic E-state index is -0.309. The van der Waals surface area contributed by atoms with Crippen molar-refractivity contribution in [2.24, 2.45) is 5.92 Å². The predicted octanol–water partition coefficient (Wildman–Crippen LogP) is 7.19. The number of anilines is 1. The molecule has 1 saturated carbocycles. The van der Waals surface area contributed by atoms with Crippen LogP contribution in [0.3, 0.4) is 0 Å². The van der Waals surface area contributed by atoms with Crippen LogP contribution in [0.15, 0.2) is 79.3 Å². The number of piperazine rings is 1. The number of halogens is 1. The van der Waals surface area contributed by atoms with Gasteiger partial charge >= 0.3 is 6.09 Å². The number of hydrogen-bond donors (Lipinski definition) is 0. The Balaban J connectivity index is 0.894. The van der Waals surface area contributed by atoms with Gasteiger partial charge in [0, 0.05) is 62.8 Å². The van der Waals surface area contributed by atoms with Crippen LogP contribution in [-0.4, -0.2) is 114 Å². The molecule has 316 valence electrons. The second kappa shape index (κ2) is 18.5. The largest absolute Gasteiger partial charge is 0.493 e. The summed E-state index contributed by atoms with van der Waals surface area (Å²) in [5.74, 6) is 2.55. The molecule has 0 N–H and O–H groups in total. The zero-order valence-corrected chi connectivity index (χ0v) is 35.6. The van der Waals surface area contributed by atoms with Gasteiger partial charge < -0.3 is 28.9 Å². The minimum Gasteiger partial charge on any atom is -0.493 e. The number of amides is 2. The number of carbonyl (C=O) groups is 2. The number of ether oxygens (including phenoxy) is 3. The van der Waals surface area contributed by atoms with Gasteiger partial charge in [-0.3, -0.25) is 9.69 Å². The molecule has 2 aliphatic heterocycles. The van der Waals surface area contributed by atoms with Crippen molar-refractivity contribution in [2.45, 2.75) is 63.6 Å². The molecule has 2 amide bonds. The Morgan fingerprint density at radius 1 is 0.900 bits per heavy atom. The molecular formula is C46H55ClN8O5. The summed E-state index contributed by atoms with van der Waals surface area (Å²) in [5, 5.41) is 6.23. The normalized spacial score (nSPS) is 19.3. The monoisotopic (exact) mass is 834 g/mol. The molecular weight excluding hydrogens is 780 g/mol. The second-order valence-electron chi connectivity index (χ2n) is 16.2. The number of rotatable bonds is 13. The Labute approximate surface area is 357 Å². The highest BCUT2D eigenvalue weighted by Crippen LogP contribution is 2.50. The molecule has 0 radical (unpaired) electrons. The molecule has 60 heavy (non-hydrogen) atoms. The third kappa shape index (κ3) is 8.60. The van der Waals surface area contributed by atoms with Gasteiger partial charge in [0.1, 0.15) is 18.8 Å². The number of unbranched alkanes of at least 4 members (excludes halogenated alkanes) is 1. The van der Waals surface area contributed by atoms with E-state index in [1.54, 1.807) is 32.5 Å². The zero-order valence-electron chi connectivity index (χ0n) is 34.9. The predicted molar refractivity (Wildman–Crippen MR) is 232 cm³/mol. The van der Waals surface area contributed by atoms with Crippen LogP contribution in [0.4, 0.5) is 10.6 Å². The first-order chi connectivity index (χ1) is 29.3. The Morgan fingerprint density at radius 2 is 1.63 bits per heavy atom. The summed E-state index contributed by atoms with van der Waals surface area (Å²) in [6, 6.07) is 21.8. The lowest BCUT2D eigenvalue weighted by Crippen LogP contribution is -2.55. The fourth-order valence-corrected chi connectivity index (χ4v) is 9.66. The highest BCUT2D eigenvalue weighted by atomic mass is 35.5. The lowest BCUT2D eigenvalue weighted by Gasteiger charge is -2.52. The number of methoxy groups -OCH3 is 2. The van der Waals surface area contributed by atoms with Gasteiger partial charge in [0.15, 0.2) is 17.1 Å². The summed E-state index contributed by atoms with van der Waals surface area (Å²) in [7, 11) is 5.18. The van der Waals surface area contributed by atoms with E-state index in [1.807, 2.05) is 65.5 Å². The third-order valence-corrected chi connectivity index (χ3v) is 13.2. The van der Waals surface area contributed by atoms with Gasteiger partial charge in [0.2, 0.25) is 5.91 Å². The topological polar surface area (TPSA) is 118 Å². The number of hydrogen-bond acceptors (Lipinski definition) is 10. The Morgan fingerprint density at radius 3 is 2.38 bits per heavy atom. The van der Waals surface area contributed by atoms with E-state index < -0.39 is 0 Å². The van der Waals surface area contributed by atoms with Gasteiger partial charge in [0.05, 0.1) is 32.3 Å². The van der Waals surface area contributed by atoms with Crippen molar-refractivity contribution in [3.63, 3.8) is 0 Å².